The molecule has 5 nitrogen and oxygen atoms in total. The Kier molecular flexibility index (Phi) is 7.21. The van der Waals surface area contributed by atoms with Gasteiger partial charge in [-0.1, -0.05) is 152 Å². The van der Waals surface area contributed by atoms with E-state index in [1.165, 1.54) is 52.5 Å². The first-order valence-corrected chi connectivity index (χ1v) is 22.1. The van der Waals surface area contributed by atoms with Crippen LogP contribution in [-0.4, -0.2) is 24.1 Å². The van der Waals surface area contributed by atoms with Crippen molar-refractivity contribution in [3.63, 3.8) is 0 Å². The highest BCUT2D eigenvalue weighted by Crippen LogP contribution is 2.45. The van der Waals surface area contributed by atoms with Crippen LogP contribution in [0.2, 0.25) is 0 Å². The zero-order valence-electron chi connectivity index (χ0n) is 33.7. The minimum absolute atomic E-state index is 0.577. The number of hydrogen-bond donors (Lipinski definition) is 0. The zero-order chi connectivity index (χ0) is 41.2. The maximum atomic E-state index is 5.48. The van der Waals surface area contributed by atoms with Crippen LogP contribution >= 0.6 is 11.3 Å². The standard InChI is InChI=1S/C57H33N5S/c1-2-17-37-31-49-45(30-36(37)16-1)53-40-20-6-4-15-35(40)28-29-48(53)61(49)50-32-38(33-52-54(50)44-23-9-12-27-51(44)63-52)55-58-56(43-24-13-18-34-14-3-5-19-39(34)43)60-57(59-55)62-46-25-10-7-21-41(46)42-22-8-11-26-47(42)62/h1-33H. The van der Waals surface area contributed by atoms with Gasteiger partial charge in [-0.05, 0) is 80.8 Å². The van der Waals surface area contributed by atoms with Crippen molar-refractivity contribution in [2.45, 2.75) is 0 Å². The molecule has 4 heterocycles. The van der Waals surface area contributed by atoms with Gasteiger partial charge in [0.2, 0.25) is 5.95 Å². The predicted molar refractivity (Wildman–Crippen MR) is 265 cm³/mol. The first kappa shape index (κ1) is 34.5. The molecule has 6 heteroatoms. The lowest BCUT2D eigenvalue weighted by atomic mass is 10.0. The number of benzene rings is 10. The highest BCUT2D eigenvalue weighted by Gasteiger charge is 2.23. The smallest absolute Gasteiger partial charge is 0.238 e. The Hall–Kier alpha value is -8.19. The molecule has 14 rings (SSSR count). The third kappa shape index (κ3) is 5.07. The summed E-state index contributed by atoms with van der Waals surface area (Å²) in [7, 11) is 0. The van der Waals surface area contributed by atoms with E-state index in [4.69, 9.17) is 15.0 Å². The maximum absolute atomic E-state index is 5.48. The van der Waals surface area contributed by atoms with E-state index in [0.717, 1.165) is 60.4 Å². The van der Waals surface area contributed by atoms with Crippen LogP contribution in [0.25, 0.3) is 131 Å². The number of nitrogens with zero attached hydrogens (tertiary/aromatic N) is 5. The second-order valence-electron chi connectivity index (χ2n) is 16.4. The summed E-state index contributed by atoms with van der Waals surface area (Å²) in [5, 5.41) is 14.3. The van der Waals surface area contributed by atoms with Gasteiger partial charge in [0, 0.05) is 52.8 Å². The molecule has 63 heavy (non-hydrogen) atoms. The van der Waals surface area contributed by atoms with Gasteiger partial charge in [-0.3, -0.25) is 4.57 Å². The first-order chi connectivity index (χ1) is 31.2. The third-order valence-electron chi connectivity index (χ3n) is 12.9. The van der Waals surface area contributed by atoms with E-state index in [2.05, 4.69) is 209 Å². The van der Waals surface area contributed by atoms with Crippen LogP contribution in [0.5, 0.6) is 0 Å². The molecule has 0 radical (unpaired) electrons. The lowest BCUT2D eigenvalue weighted by Crippen LogP contribution is -2.07. The van der Waals surface area contributed by atoms with Crippen molar-refractivity contribution in [2.75, 3.05) is 0 Å². The summed E-state index contributed by atoms with van der Waals surface area (Å²) in [6.45, 7) is 0. The molecule has 0 N–H and O–H groups in total. The van der Waals surface area contributed by atoms with Gasteiger partial charge in [0.05, 0.1) is 27.8 Å². The van der Waals surface area contributed by atoms with Gasteiger partial charge in [-0.2, -0.15) is 9.97 Å². The highest BCUT2D eigenvalue weighted by molar-refractivity contribution is 7.26. The van der Waals surface area contributed by atoms with E-state index in [9.17, 15) is 0 Å². The molecule has 0 atom stereocenters. The molecule has 0 saturated heterocycles. The van der Waals surface area contributed by atoms with Crippen molar-refractivity contribution in [3.8, 4) is 34.4 Å². The predicted octanol–water partition coefficient (Wildman–Crippen LogP) is 15.2. The Morgan fingerprint density at radius 3 is 1.71 bits per heavy atom. The molecular weight excluding hydrogens is 787 g/mol. The topological polar surface area (TPSA) is 48.5 Å². The second-order valence-corrected chi connectivity index (χ2v) is 17.5. The molecule has 10 aromatic carbocycles. The zero-order valence-corrected chi connectivity index (χ0v) is 34.5. The Labute approximate surface area is 364 Å². The van der Waals surface area contributed by atoms with Gasteiger partial charge in [0.15, 0.2) is 11.6 Å². The van der Waals surface area contributed by atoms with E-state index in [1.807, 2.05) is 11.3 Å². The molecule has 0 spiro atoms. The maximum Gasteiger partial charge on any atom is 0.238 e. The summed E-state index contributed by atoms with van der Waals surface area (Å²) in [6, 6.07) is 72.1. The van der Waals surface area contributed by atoms with Crippen LogP contribution in [0.1, 0.15) is 0 Å². The summed E-state index contributed by atoms with van der Waals surface area (Å²) < 4.78 is 7.10. The van der Waals surface area contributed by atoms with Crippen LogP contribution in [0, 0.1) is 0 Å². The largest absolute Gasteiger partial charge is 0.308 e. The van der Waals surface area contributed by atoms with Gasteiger partial charge in [-0.15, -0.1) is 11.3 Å². The van der Waals surface area contributed by atoms with Crippen molar-refractivity contribution in [1.82, 2.24) is 24.1 Å². The van der Waals surface area contributed by atoms with E-state index < -0.39 is 0 Å². The van der Waals surface area contributed by atoms with Crippen LogP contribution in [0.3, 0.4) is 0 Å². The van der Waals surface area contributed by atoms with Crippen molar-refractivity contribution in [1.29, 1.82) is 0 Å². The van der Waals surface area contributed by atoms with Gasteiger partial charge in [0.25, 0.3) is 0 Å². The van der Waals surface area contributed by atoms with Gasteiger partial charge >= 0.3 is 0 Å². The van der Waals surface area contributed by atoms with Gasteiger partial charge in [-0.25, -0.2) is 4.98 Å². The molecule has 14 aromatic rings. The van der Waals surface area contributed by atoms with Crippen molar-refractivity contribution in [2.24, 2.45) is 0 Å². The first-order valence-electron chi connectivity index (χ1n) is 21.3. The minimum Gasteiger partial charge on any atom is -0.308 e. The fourth-order valence-corrected chi connectivity index (χ4v) is 11.3. The fraction of sp³-hybridized carbons (Fsp3) is 0. The SMILES string of the molecule is c1ccc2cc3c(cc2c1)c1c2ccccc2ccc1n3-c1cc(-c2nc(-c3cccc4ccccc34)nc(-n3c4ccccc4c4ccccc43)n2)cc2sc3ccccc3c12. The van der Waals surface area contributed by atoms with Crippen LogP contribution < -0.4 is 0 Å². The fourth-order valence-electron chi connectivity index (χ4n) is 10.1. The molecule has 0 aliphatic heterocycles. The molecule has 0 saturated carbocycles. The Morgan fingerprint density at radius 2 is 0.937 bits per heavy atom. The second kappa shape index (κ2) is 13.2. The minimum atomic E-state index is 0.577. The van der Waals surface area contributed by atoms with E-state index in [-0.39, 0.29) is 0 Å². The summed E-state index contributed by atoms with van der Waals surface area (Å²) in [4.78, 5) is 16.3. The number of thiophene rings is 1. The molecule has 0 fully saturated rings. The molecule has 0 unspecified atom stereocenters. The Balaban J connectivity index is 1.12. The number of hydrogen-bond acceptors (Lipinski definition) is 4. The lowest BCUT2D eigenvalue weighted by molar-refractivity contribution is 0.954. The van der Waals surface area contributed by atoms with Gasteiger partial charge in [0.1, 0.15) is 0 Å². The molecular formula is C57H33N5S. The highest BCUT2D eigenvalue weighted by atomic mass is 32.1. The van der Waals surface area contributed by atoms with E-state index in [0.29, 0.717) is 17.6 Å². The van der Waals surface area contributed by atoms with Crippen LogP contribution in [0.15, 0.2) is 200 Å². The molecule has 0 amide bonds. The van der Waals surface area contributed by atoms with Crippen molar-refractivity contribution in [3.05, 3.63) is 200 Å². The summed E-state index contributed by atoms with van der Waals surface area (Å²) >= 11 is 1.82. The summed E-state index contributed by atoms with van der Waals surface area (Å²) in [5.74, 6) is 1.82. The number of rotatable bonds is 4. The van der Waals surface area contributed by atoms with E-state index in [1.54, 1.807) is 0 Å². The lowest BCUT2D eigenvalue weighted by Gasteiger charge is -2.15. The van der Waals surface area contributed by atoms with Gasteiger partial charge < -0.3 is 4.57 Å². The summed E-state index contributed by atoms with van der Waals surface area (Å²) in [6.07, 6.45) is 0. The average molecular weight is 820 g/mol. The van der Waals surface area contributed by atoms with Crippen LogP contribution in [-0.2, 0) is 0 Å². The van der Waals surface area contributed by atoms with Crippen LogP contribution in [0.4, 0.5) is 0 Å². The molecule has 292 valence electrons. The average Bonchev–Trinajstić information content (AvgIpc) is 4.00. The molecule has 0 aliphatic rings. The molecule has 4 aromatic heterocycles. The quantitative estimate of drug-likeness (QED) is 0.178. The Morgan fingerprint density at radius 1 is 0.333 bits per heavy atom. The van der Waals surface area contributed by atoms with Crippen molar-refractivity contribution >= 4 is 107 Å². The number of para-hydroxylation sites is 2. The van der Waals surface area contributed by atoms with Crippen molar-refractivity contribution < 1.29 is 0 Å². The summed E-state index contributed by atoms with van der Waals surface area (Å²) in [5.41, 5.74) is 7.39. The number of fused-ring (bicyclic) bond motifs is 13. The molecule has 0 aliphatic carbocycles. The molecule has 0 bridgehead atoms. The normalized spacial score (nSPS) is 12.1. The monoisotopic (exact) mass is 819 g/mol. The Bertz CT molecular complexity index is 4170. The number of aromatic nitrogens is 5. The van der Waals surface area contributed by atoms with E-state index >= 15 is 0 Å². The third-order valence-corrected chi connectivity index (χ3v) is 14.0.